The molecule has 0 aliphatic carbocycles. The average molecular weight is 586 g/mol. The van der Waals surface area contributed by atoms with Gasteiger partial charge in [-0.05, 0) is 89.4 Å². The Hall–Kier alpha value is -3.42. The van der Waals surface area contributed by atoms with Crippen molar-refractivity contribution < 1.29 is 28.5 Å². The molecule has 0 fully saturated rings. The number of alkyl halides is 1. The molecule has 6 nitrogen and oxygen atoms in total. The number of aliphatic hydroxyl groups is 1. The molecule has 42 heavy (non-hydrogen) atoms. The van der Waals surface area contributed by atoms with E-state index in [-0.39, 0.29) is 0 Å². The Bertz CT molecular complexity index is 1260. The molecule has 0 amide bonds. The second-order valence-electron chi connectivity index (χ2n) is 9.66. The summed E-state index contributed by atoms with van der Waals surface area (Å²) in [5.74, 6) is 2.17. The molecule has 1 aromatic heterocycles. The molecule has 3 rings (SSSR count). The summed E-state index contributed by atoms with van der Waals surface area (Å²) < 4.78 is 32.9. The fourth-order valence-corrected chi connectivity index (χ4v) is 3.79. The van der Waals surface area contributed by atoms with Crippen LogP contribution in [0.2, 0.25) is 0 Å². The van der Waals surface area contributed by atoms with E-state index >= 15 is 0 Å². The Morgan fingerprint density at radius 3 is 2.31 bits per heavy atom. The van der Waals surface area contributed by atoms with E-state index in [0.717, 1.165) is 60.1 Å². The van der Waals surface area contributed by atoms with Crippen molar-refractivity contribution in [3.05, 3.63) is 83.3 Å². The maximum Gasteiger partial charge on any atom is 0.162 e. The first-order valence-electron chi connectivity index (χ1n) is 14.5. The Labute approximate surface area is 252 Å². The zero-order valence-electron chi connectivity index (χ0n) is 27.5. The molecular weight excluding hydrogens is 533 g/mol. The van der Waals surface area contributed by atoms with Crippen LogP contribution in [0.15, 0.2) is 66.5 Å². The van der Waals surface area contributed by atoms with Gasteiger partial charge in [-0.25, -0.2) is 4.39 Å². The van der Waals surface area contributed by atoms with Crippen molar-refractivity contribution >= 4 is 17.2 Å². The van der Waals surface area contributed by atoms with Crippen molar-refractivity contribution in [1.82, 2.24) is 4.57 Å². The number of nitrogens with zero attached hydrogens (tertiary/aromatic N) is 1. The monoisotopic (exact) mass is 585 g/mol. The van der Waals surface area contributed by atoms with Gasteiger partial charge in [0, 0.05) is 32.8 Å². The Kier molecular flexibility index (Phi) is 18.8. The van der Waals surface area contributed by atoms with E-state index < -0.39 is 11.8 Å². The number of methoxy groups -OCH3 is 1. The van der Waals surface area contributed by atoms with Crippen molar-refractivity contribution in [2.45, 2.75) is 87.1 Å². The molecule has 2 aromatic carbocycles. The van der Waals surface area contributed by atoms with Crippen LogP contribution < -0.4 is 9.47 Å². The summed E-state index contributed by atoms with van der Waals surface area (Å²) in [4.78, 5) is 11.3. The Morgan fingerprint density at radius 1 is 1.12 bits per heavy atom. The predicted octanol–water partition coefficient (Wildman–Crippen LogP) is 8.92. The zero-order chi connectivity index (χ0) is 32.3. The molecule has 1 unspecified atom stereocenters. The zero-order valence-corrected chi connectivity index (χ0v) is 27.5. The molecule has 1 atom stereocenters. The first-order chi connectivity index (χ1) is 20.1. The van der Waals surface area contributed by atoms with Crippen LogP contribution in [0.1, 0.15) is 84.8 Å². The van der Waals surface area contributed by atoms with Gasteiger partial charge in [-0.2, -0.15) is 0 Å². The van der Waals surface area contributed by atoms with E-state index in [1.807, 2.05) is 89.2 Å². The minimum atomic E-state index is -1.07. The lowest BCUT2D eigenvalue weighted by molar-refractivity contribution is -0.119. The third-order valence-corrected chi connectivity index (χ3v) is 5.91. The number of fused-ring (bicyclic) bond motifs is 1. The van der Waals surface area contributed by atoms with Gasteiger partial charge in [0.25, 0.3) is 0 Å². The quantitative estimate of drug-likeness (QED) is 0.138. The maximum atomic E-state index is 14.2. The number of hydrogen-bond donors (Lipinski definition) is 1. The molecule has 0 saturated carbocycles. The number of rotatable bonds is 11. The van der Waals surface area contributed by atoms with Crippen molar-refractivity contribution in [3.63, 3.8) is 0 Å². The van der Waals surface area contributed by atoms with Crippen LogP contribution in [0.25, 0.3) is 10.9 Å². The highest BCUT2D eigenvalue weighted by molar-refractivity contribution is 5.89. The number of allylic oxidation sites excluding steroid dienone is 4. The van der Waals surface area contributed by atoms with Gasteiger partial charge in [-0.1, -0.05) is 51.1 Å². The highest BCUT2D eigenvalue weighted by atomic mass is 19.1. The van der Waals surface area contributed by atoms with Crippen LogP contribution in [0, 0.1) is 6.92 Å². The smallest absolute Gasteiger partial charge is 0.162 e. The second kappa shape index (κ2) is 20.5. The lowest BCUT2D eigenvalue weighted by Gasteiger charge is -2.20. The Balaban J connectivity index is 0.00000190. The van der Waals surface area contributed by atoms with E-state index in [2.05, 4.69) is 22.3 Å². The number of aromatic nitrogens is 1. The predicted molar refractivity (Wildman–Crippen MR) is 173 cm³/mol. The summed E-state index contributed by atoms with van der Waals surface area (Å²) in [6.45, 7) is 18.3. The molecule has 0 bridgehead atoms. The topological polar surface area (TPSA) is 69.9 Å². The molecule has 7 heteroatoms. The largest absolute Gasteiger partial charge is 0.480 e. The molecule has 3 aromatic rings. The number of aliphatic hydroxyl groups excluding tert-OH is 1. The highest BCUT2D eigenvalue weighted by Gasteiger charge is 2.20. The number of halogens is 1. The molecule has 0 saturated heterocycles. The van der Waals surface area contributed by atoms with Crippen molar-refractivity contribution in [3.8, 4) is 11.5 Å². The molecular formula is C35H52FNO5. The molecule has 1 heterocycles. The standard InChI is InChI=1S/C29H34FNO3.C3H8O.C2H6.CH4O/c1-7-8-9-11-20(2)33-28-22(4)31(27-17-24(21(3)30)14-15-26(27)28)18-23-12-10-13-25(16-23)34-29(5,6)19-32;1-3-4-2;2*1-2/h8-17,19,21H,7,18H2,1-6H3;3H2,1-2H3;1-2H3;2H,1H3/b9-8-,20-11+;;;. The van der Waals surface area contributed by atoms with Crippen LogP contribution >= 0.6 is 0 Å². The molecule has 0 aliphatic rings. The van der Waals surface area contributed by atoms with Crippen molar-refractivity contribution in [2.24, 2.45) is 0 Å². The third-order valence-electron chi connectivity index (χ3n) is 5.91. The summed E-state index contributed by atoms with van der Waals surface area (Å²) >= 11 is 0. The van der Waals surface area contributed by atoms with E-state index in [1.54, 1.807) is 27.9 Å². The number of ether oxygens (including phenoxy) is 3. The first-order valence-corrected chi connectivity index (χ1v) is 14.5. The van der Waals surface area contributed by atoms with Gasteiger partial charge in [0.1, 0.15) is 17.7 Å². The van der Waals surface area contributed by atoms with E-state index in [4.69, 9.17) is 14.6 Å². The normalized spacial score (nSPS) is 11.9. The summed E-state index contributed by atoms with van der Waals surface area (Å²) in [5.41, 5.74) is 2.58. The molecule has 0 radical (unpaired) electrons. The Morgan fingerprint density at radius 2 is 1.76 bits per heavy atom. The lowest BCUT2D eigenvalue weighted by atomic mass is 10.1. The summed E-state index contributed by atoms with van der Waals surface area (Å²) in [6, 6.07) is 13.3. The van der Waals surface area contributed by atoms with Crippen LogP contribution in [0.5, 0.6) is 11.5 Å². The summed E-state index contributed by atoms with van der Waals surface area (Å²) in [6.07, 6.45) is 6.68. The fourth-order valence-electron chi connectivity index (χ4n) is 3.79. The number of hydrogen-bond acceptors (Lipinski definition) is 5. The van der Waals surface area contributed by atoms with Gasteiger partial charge in [0.2, 0.25) is 0 Å². The van der Waals surface area contributed by atoms with E-state index in [9.17, 15) is 9.18 Å². The van der Waals surface area contributed by atoms with Crippen molar-refractivity contribution in [1.29, 1.82) is 0 Å². The van der Waals surface area contributed by atoms with Crippen LogP contribution in [-0.4, -0.2) is 42.4 Å². The lowest BCUT2D eigenvalue weighted by Crippen LogP contribution is -2.29. The van der Waals surface area contributed by atoms with E-state index in [0.29, 0.717) is 17.9 Å². The molecule has 0 spiro atoms. The molecule has 0 aliphatic heterocycles. The highest BCUT2D eigenvalue weighted by Crippen LogP contribution is 2.36. The second-order valence-corrected chi connectivity index (χ2v) is 9.66. The van der Waals surface area contributed by atoms with Gasteiger partial charge >= 0.3 is 0 Å². The van der Waals surface area contributed by atoms with Crippen molar-refractivity contribution in [2.75, 3.05) is 20.8 Å². The summed E-state index contributed by atoms with van der Waals surface area (Å²) in [5, 5.41) is 7.93. The van der Waals surface area contributed by atoms with Crippen LogP contribution in [0.3, 0.4) is 0 Å². The van der Waals surface area contributed by atoms with Gasteiger partial charge in [-0.15, -0.1) is 0 Å². The van der Waals surface area contributed by atoms with Gasteiger partial charge in [0.05, 0.1) is 11.2 Å². The minimum absolute atomic E-state index is 0.549. The average Bonchev–Trinajstić information content (AvgIpc) is 3.24. The van der Waals surface area contributed by atoms with Gasteiger partial charge in [0.15, 0.2) is 17.6 Å². The molecule has 234 valence electrons. The first kappa shape index (κ1) is 38.6. The SMILES string of the molecule is CC.CC/C=C\C=C(/C)Oc1c(C)n(Cc2cccc(OC(C)(C)C=O)c2)c2cc(C(C)F)ccc12.CCOC.CO. The number of carbonyl (C=O) groups is 1. The van der Waals surface area contributed by atoms with Gasteiger partial charge < -0.3 is 23.9 Å². The number of aldehydes is 1. The number of carbonyl (C=O) groups excluding carboxylic acids is 1. The van der Waals surface area contributed by atoms with Crippen LogP contribution in [0.4, 0.5) is 4.39 Å². The molecule has 1 N–H and O–H groups in total. The van der Waals surface area contributed by atoms with Gasteiger partial charge in [-0.3, -0.25) is 4.79 Å². The third kappa shape index (κ3) is 12.2. The van der Waals surface area contributed by atoms with Crippen LogP contribution in [-0.2, 0) is 16.1 Å². The maximum absolute atomic E-state index is 14.2. The minimum Gasteiger partial charge on any atom is -0.480 e. The number of benzene rings is 2. The summed E-state index contributed by atoms with van der Waals surface area (Å²) in [7, 11) is 2.68. The van der Waals surface area contributed by atoms with E-state index in [1.165, 1.54) is 0 Å². The fraction of sp³-hybridized carbons (Fsp3) is 0.457.